The first-order valence-corrected chi connectivity index (χ1v) is 6.52. The second kappa shape index (κ2) is 5.31. The zero-order chi connectivity index (χ0) is 13.2. The van der Waals surface area contributed by atoms with Gasteiger partial charge < -0.3 is 5.73 Å². The smallest absolute Gasteiger partial charge is 0.248 e. The van der Waals surface area contributed by atoms with Crippen LogP contribution in [0.4, 0.5) is 8.78 Å². The van der Waals surface area contributed by atoms with E-state index < -0.39 is 5.92 Å². The van der Waals surface area contributed by atoms with Crippen LogP contribution in [-0.2, 0) is 0 Å². The number of rotatable bonds is 3. The van der Waals surface area contributed by atoms with Crippen molar-refractivity contribution in [2.24, 2.45) is 11.7 Å². The van der Waals surface area contributed by atoms with Crippen molar-refractivity contribution in [2.45, 2.75) is 51.0 Å². The molecule has 1 aliphatic rings. The summed E-state index contributed by atoms with van der Waals surface area (Å²) in [5.41, 5.74) is 7.99. The predicted molar refractivity (Wildman–Crippen MR) is 67.4 cm³/mol. The summed E-state index contributed by atoms with van der Waals surface area (Å²) in [6, 6.07) is 3.61. The molecule has 2 unspecified atom stereocenters. The van der Waals surface area contributed by atoms with Crippen LogP contribution in [0.1, 0.15) is 49.4 Å². The molecule has 0 aromatic carbocycles. The standard InChI is InChI=1S/C14H20F2N2/c1-10-4-6-18-13(7-10)12(17)8-11-3-2-5-14(15,16)9-11/h4,6-7,11-12H,2-3,5,8-9,17H2,1H3. The van der Waals surface area contributed by atoms with Gasteiger partial charge in [0.15, 0.2) is 0 Å². The monoisotopic (exact) mass is 254 g/mol. The van der Waals surface area contributed by atoms with Crippen molar-refractivity contribution in [2.75, 3.05) is 0 Å². The molecule has 2 atom stereocenters. The van der Waals surface area contributed by atoms with Gasteiger partial charge in [0.1, 0.15) is 0 Å². The van der Waals surface area contributed by atoms with E-state index in [2.05, 4.69) is 4.98 Å². The topological polar surface area (TPSA) is 38.9 Å². The Kier molecular flexibility index (Phi) is 3.95. The number of hydrogen-bond acceptors (Lipinski definition) is 2. The Morgan fingerprint density at radius 1 is 1.56 bits per heavy atom. The minimum absolute atomic E-state index is 0.0195. The van der Waals surface area contributed by atoms with Gasteiger partial charge in [0.2, 0.25) is 5.92 Å². The predicted octanol–water partition coefficient (Wildman–Crippen LogP) is 3.61. The summed E-state index contributed by atoms with van der Waals surface area (Å²) in [6.45, 7) is 1.98. The number of halogens is 2. The van der Waals surface area contributed by atoms with E-state index in [-0.39, 0.29) is 24.8 Å². The lowest BCUT2D eigenvalue weighted by Gasteiger charge is -2.30. The number of nitrogens with zero attached hydrogens (tertiary/aromatic N) is 1. The third-order valence-electron chi connectivity index (χ3n) is 3.65. The van der Waals surface area contributed by atoms with Crippen molar-refractivity contribution in [3.8, 4) is 0 Å². The molecular weight excluding hydrogens is 234 g/mol. The maximum atomic E-state index is 13.3. The van der Waals surface area contributed by atoms with Crippen LogP contribution in [0.3, 0.4) is 0 Å². The van der Waals surface area contributed by atoms with Gasteiger partial charge in [-0.1, -0.05) is 0 Å². The largest absolute Gasteiger partial charge is 0.323 e. The van der Waals surface area contributed by atoms with E-state index in [0.717, 1.165) is 17.7 Å². The van der Waals surface area contributed by atoms with Gasteiger partial charge in [-0.25, -0.2) is 8.78 Å². The van der Waals surface area contributed by atoms with Crippen molar-refractivity contribution < 1.29 is 8.78 Å². The number of nitrogens with two attached hydrogens (primary N) is 1. The van der Waals surface area contributed by atoms with Gasteiger partial charge in [-0.3, -0.25) is 4.98 Å². The van der Waals surface area contributed by atoms with Crippen LogP contribution in [0.2, 0.25) is 0 Å². The number of hydrogen-bond donors (Lipinski definition) is 1. The quantitative estimate of drug-likeness (QED) is 0.895. The Hall–Kier alpha value is -1.03. The van der Waals surface area contributed by atoms with E-state index >= 15 is 0 Å². The zero-order valence-corrected chi connectivity index (χ0v) is 10.7. The first-order valence-electron chi connectivity index (χ1n) is 6.52. The molecule has 18 heavy (non-hydrogen) atoms. The van der Waals surface area contributed by atoms with Crippen LogP contribution in [0.5, 0.6) is 0 Å². The van der Waals surface area contributed by atoms with Gasteiger partial charge in [0.05, 0.1) is 5.69 Å². The maximum Gasteiger partial charge on any atom is 0.248 e. The summed E-state index contributed by atoms with van der Waals surface area (Å²) >= 11 is 0. The highest BCUT2D eigenvalue weighted by Crippen LogP contribution is 2.39. The molecule has 2 N–H and O–H groups in total. The third kappa shape index (κ3) is 3.48. The van der Waals surface area contributed by atoms with E-state index in [1.807, 2.05) is 19.1 Å². The molecule has 100 valence electrons. The molecule has 0 aliphatic heterocycles. The summed E-state index contributed by atoms with van der Waals surface area (Å²) < 4.78 is 26.6. The fraction of sp³-hybridized carbons (Fsp3) is 0.643. The molecule has 2 nitrogen and oxygen atoms in total. The highest BCUT2D eigenvalue weighted by atomic mass is 19.3. The summed E-state index contributed by atoms with van der Waals surface area (Å²) in [6.07, 6.45) is 3.79. The van der Waals surface area contributed by atoms with Gasteiger partial charge in [-0.2, -0.15) is 0 Å². The van der Waals surface area contributed by atoms with Crippen molar-refractivity contribution in [3.05, 3.63) is 29.6 Å². The fourth-order valence-electron chi connectivity index (χ4n) is 2.72. The van der Waals surface area contributed by atoms with Crippen molar-refractivity contribution in [3.63, 3.8) is 0 Å². The fourth-order valence-corrected chi connectivity index (χ4v) is 2.72. The van der Waals surface area contributed by atoms with Crippen molar-refractivity contribution in [1.82, 2.24) is 4.98 Å². The summed E-state index contributed by atoms with van der Waals surface area (Å²) in [5, 5.41) is 0. The van der Waals surface area contributed by atoms with Gasteiger partial charge in [-0.15, -0.1) is 0 Å². The molecule has 0 amide bonds. The molecule has 1 fully saturated rings. The minimum Gasteiger partial charge on any atom is -0.323 e. The Labute approximate surface area is 107 Å². The van der Waals surface area contributed by atoms with Gasteiger partial charge in [-0.05, 0) is 49.8 Å². The molecule has 2 rings (SSSR count). The molecule has 1 heterocycles. The molecule has 0 radical (unpaired) electrons. The molecule has 4 heteroatoms. The normalized spacial score (nSPS) is 24.8. The van der Waals surface area contributed by atoms with Gasteiger partial charge in [0, 0.05) is 25.1 Å². The summed E-state index contributed by atoms with van der Waals surface area (Å²) in [5.74, 6) is -2.48. The highest BCUT2D eigenvalue weighted by Gasteiger charge is 2.36. The van der Waals surface area contributed by atoms with Crippen molar-refractivity contribution >= 4 is 0 Å². The van der Waals surface area contributed by atoms with E-state index in [1.54, 1.807) is 6.20 Å². The summed E-state index contributed by atoms with van der Waals surface area (Å²) in [7, 11) is 0. The molecule has 0 spiro atoms. The minimum atomic E-state index is -2.50. The number of aryl methyl sites for hydroxylation is 1. The van der Waals surface area contributed by atoms with E-state index in [0.29, 0.717) is 12.8 Å². The van der Waals surface area contributed by atoms with Crippen LogP contribution in [0.15, 0.2) is 18.3 Å². The second-order valence-corrected chi connectivity index (χ2v) is 5.42. The van der Waals surface area contributed by atoms with E-state index in [9.17, 15) is 8.78 Å². The first-order chi connectivity index (χ1) is 8.46. The van der Waals surface area contributed by atoms with Crippen LogP contribution in [0, 0.1) is 12.8 Å². The number of aromatic nitrogens is 1. The molecular formula is C14H20F2N2. The summed E-state index contributed by atoms with van der Waals surface area (Å²) in [4.78, 5) is 4.23. The SMILES string of the molecule is Cc1ccnc(C(N)CC2CCCC(F)(F)C2)c1. The van der Waals surface area contributed by atoms with Crippen LogP contribution in [0.25, 0.3) is 0 Å². The average molecular weight is 254 g/mol. The number of alkyl halides is 2. The van der Waals surface area contributed by atoms with E-state index in [1.165, 1.54) is 0 Å². The third-order valence-corrected chi connectivity index (χ3v) is 3.65. The van der Waals surface area contributed by atoms with Crippen molar-refractivity contribution in [1.29, 1.82) is 0 Å². The molecule has 0 saturated heterocycles. The Morgan fingerprint density at radius 2 is 2.33 bits per heavy atom. The highest BCUT2D eigenvalue weighted by molar-refractivity contribution is 5.17. The molecule has 1 aliphatic carbocycles. The van der Waals surface area contributed by atoms with Crippen LogP contribution >= 0.6 is 0 Å². The van der Waals surface area contributed by atoms with E-state index in [4.69, 9.17) is 5.73 Å². The lowest BCUT2D eigenvalue weighted by Crippen LogP contribution is -2.28. The Bertz CT molecular complexity index is 407. The lowest BCUT2D eigenvalue weighted by atomic mass is 9.82. The van der Waals surface area contributed by atoms with Gasteiger partial charge >= 0.3 is 0 Å². The maximum absolute atomic E-state index is 13.3. The lowest BCUT2D eigenvalue weighted by molar-refractivity contribution is -0.0544. The molecule has 1 aromatic rings. The average Bonchev–Trinajstić information content (AvgIpc) is 2.27. The molecule has 1 aromatic heterocycles. The Morgan fingerprint density at radius 3 is 3.00 bits per heavy atom. The molecule has 1 saturated carbocycles. The molecule has 0 bridgehead atoms. The first kappa shape index (κ1) is 13.4. The van der Waals surface area contributed by atoms with Gasteiger partial charge in [0.25, 0.3) is 0 Å². The number of pyridine rings is 1. The van der Waals surface area contributed by atoms with Crippen LogP contribution < -0.4 is 5.73 Å². The Balaban J connectivity index is 1.97. The second-order valence-electron chi connectivity index (χ2n) is 5.42. The van der Waals surface area contributed by atoms with Crippen LogP contribution in [-0.4, -0.2) is 10.9 Å². The zero-order valence-electron chi connectivity index (χ0n) is 10.7.